The van der Waals surface area contributed by atoms with Gasteiger partial charge in [0.1, 0.15) is 11.8 Å². The zero-order chi connectivity index (χ0) is 22.3. The first-order chi connectivity index (χ1) is 14.2. The van der Waals surface area contributed by atoms with Gasteiger partial charge in [-0.1, -0.05) is 0 Å². The van der Waals surface area contributed by atoms with Crippen molar-refractivity contribution in [3.8, 4) is 5.75 Å². The van der Waals surface area contributed by atoms with Gasteiger partial charge in [-0.15, -0.1) is 0 Å². The van der Waals surface area contributed by atoms with E-state index in [1.807, 2.05) is 0 Å². The van der Waals surface area contributed by atoms with E-state index in [1.54, 1.807) is 12.1 Å². The van der Waals surface area contributed by atoms with Crippen molar-refractivity contribution in [1.82, 2.24) is 5.32 Å². The summed E-state index contributed by atoms with van der Waals surface area (Å²) in [7, 11) is 2.57. The van der Waals surface area contributed by atoms with Gasteiger partial charge in [-0.2, -0.15) is 0 Å². The van der Waals surface area contributed by atoms with E-state index in [0.29, 0.717) is 17.0 Å². The zero-order valence-corrected chi connectivity index (χ0v) is 16.6. The molecule has 0 saturated heterocycles. The molecule has 0 fully saturated rings. The molecule has 0 aliphatic heterocycles. The predicted molar refractivity (Wildman–Crippen MR) is 107 cm³/mol. The molecule has 10 heteroatoms. The lowest BCUT2D eigenvalue weighted by Gasteiger charge is -2.18. The number of carbonyl (C=O) groups is 3. The quantitative estimate of drug-likeness (QED) is 0.382. The number of non-ortho nitro benzene ring substituents is 1. The second kappa shape index (κ2) is 10.0. The number of benzene rings is 2. The Bertz CT molecular complexity index is 957. The Morgan fingerprint density at radius 2 is 1.77 bits per heavy atom. The van der Waals surface area contributed by atoms with E-state index in [2.05, 4.69) is 10.6 Å². The summed E-state index contributed by atoms with van der Waals surface area (Å²) in [6.07, 6.45) is -0.0761. The Kier molecular flexibility index (Phi) is 7.45. The average molecular weight is 415 g/mol. The van der Waals surface area contributed by atoms with Crippen LogP contribution in [0.5, 0.6) is 5.75 Å². The van der Waals surface area contributed by atoms with Crippen LogP contribution in [-0.4, -0.2) is 43.0 Å². The predicted octanol–water partition coefficient (Wildman–Crippen LogP) is 2.08. The Morgan fingerprint density at radius 1 is 1.10 bits per heavy atom. The minimum Gasteiger partial charge on any atom is -0.496 e. The Balaban J connectivity index is 2.23. The highest BCUT2D eigenvalue weighted by atomic mass is 16.6. The van der Waals surface area contributed by atoms with Crippen LogP contribution in [-0.2, 0) is 20.7 Å². The van der Waals surface area contributed by atoms with Crippen molar-refractivity contribution in [3.05, 3.63) is 63.7 Å². The fraction of sp³-hybridized carbons (Fsp3) is 0.250. The molecule has 0 unspecified atom stereocenters. The van der Waals surface area contributed by atoms with Crippen LogP contribution in [0.25, 0.3) is 0 Å². The molecule has 0 aromatic heterocycles. The summed E-state index contributed by atoms with van der Waals surface area (Å²) < 4.78 is 9.97. The standard InChI is InChI=1S/C20H21N3O7/c1-12(24)21-15-6-4-13(5-7-15)19(25)22-17(20(26)30-3)11-14-10-16(23(27)28)8-9-18(14)29-2/h4-10,17H,11H2,1-3H3,(H,21,24)(H,22,25)/t17-/m0/s1. The molecule has 30 heavy (non-hydrogen) atoms. The molecule has 1 atom stereocenters. The van der Waals surface area contributed by atoms with Gasteiger partial charge in [0, 0.05) is 42.3 Å². The normalized spacial score (nSPS) is 11.2. The first-order valence-electron chi connectivity index (χ1n) is 8.82. The van der Waals surface area contributed by atoms with Gasteiger partial charge < -0.3 is 20.1 Å². The van der Waals surface area contributed by atoms with Crippen molar-refractivity contribution in [2.45, 2.75) is 19.4 Å². The van der Waals surface area contributed by atoms with Crippen molar-refractivity contribution in [2.75, 3.05) is 19.5 Å². The highest BCUT2D eigenvalue weighted by molar-refractivity contribution is 5.97. The van der Waals surface area contributed by atoms with E-state index in [0.717, 1.165) is 0 Å². The minimum atomic E-state index is -1.10. The summed E-state index contributed by atoms with van der Waals surface area (Å²) in [5.74, 6) is -1.18. The van der Waals surface area contributed by atoms with Crippen LogP contribution in [0, 0.1) is 10.1 Å². The summed E-state index contributed by atoms with van der Waals surface area (Å²) >= 11 is 0. The maximum Gasteiger partial charge on any atom is 0.328 e. The molecule has 0 bridgehead atoms. The number of carbonyl (C=O) groups excluding carboxylic acids is 3. The van der Waals surface area contributed by atoms with Gasteiger partial charge in [-0.05, 0) is 30.3 Å². The molecular weight excluding hydrogens is 394 g/mol. The molecule has 0 saturated carbocycles. The third kappa shape index (κ3) is 5.77. The van der Waals surface area contributed by atoms with E-state index >= 15 is 0 Å². The lowest BCUT2D eigenvalue weighted by Crippen LogP contribution is -2.43. The SMILES string of the molecule is COC(=O)[C@H](Cc1cc([N+](=O)[O-])ccc1OC)NC(=O)c1ccc(NC(C)=O)cc1. The summed E-state index contributed by atoms with van der Waals surface area (Å²) in [6.45, 7) is 1.36. The van der Waals surface area contributed by atoms with Crippen molar-refractivity contribution < 1.29 is 28.8 Å². The Labute approximate surface area is 172 Å². The molecule has 0 aliphatic rings. The molecule has 0 aliphatic carbocycles. The van der Waals surface area contributed by atoms with E-state index in [1.165, 1.54) is 51.5 Å². The molecule has 2 aromatic carbocycles. The van der Waals surface area contributed by atoms with Gasteiger partial charge in [-0.25, -0.2) is 4.79 Å². The molecular formula is C20H21N3O7. The van der Waals surface area contributed by atoms with Crippen molar-refractivity contribution in [1.29, 1.82) is 0 Å². The Morgan fingerprint density at radius 3 is 2.30 bits per heavy atom. The van der Waals surface area contributed by atoms with Gasteiger partial charge in [0.2, 0.25) is 5.91 Å². The highest BCUT2D eigenvalue weighted by Crippen LogP contribution is 2.25. The second-order valence-corrected chi connectivity index (χ2v) is 6.27. The first-order valence-corrected chi connectivity index (χ1v) is 8.82. The molecule has 2 aromatic rings. The van der Waals surface area contributed by atoms with Crippen LogP contribution < -0.4 is 15.4 Å². The third-order valence-corrected chi connectivity index (χ3v) is 4.16. The van der Waals surface area contributed by atoms with Gasteiger partial charge in [-0.3, -0.25) is 19.7 Å². The lowest BCUT2D eigenvalue weighted by atomic mass is 10.0. The topological polar surface area (TPSA) is 137 Å². The zero-order valence-electron chi connectivity index (χ0n) is 16.6. The highest BCUT2D eigenvalue weighted by Gasteiger charge is 2.25. The summed E-state index contributed by atoms with van der Waals surface area (Å²) in [6, 6.07) is 8.96. The van der Waals surface area contributed by atoms with Crippen LogP contribution in [0.4, 0.5) is 11.4 Å². The molecule has 2 N–H and O–H groups in total. The number of hydrogen-bond donors (Lipinski definition) is 2. The van der Waals surface area contributed by atoms with Crippen LogP contribution in [0.1, 0.15) is 22.8 Å². The average Bonchev–Trinajstić information content (AvgIpc) is 2.72. The number of methoxy groups -OCH3 is 2. The van der Waals surface area contributed by atoms with Gasteiger partial charge in [0.25, 0.3) is 11.6 Å². The Hall–Kier alpha value is -3.95. The number of esters is 1. The molecule has 2 rings (SSSR count). The number of hydrogen-bond acceptors (Lipinski definition) is 7. The van der Waals surface area contributed by atoms with Crippen LogP contribution in [0.2, 0.25) is 0 Å². The van der Waals surface area contributed by atoms with E-state index in [-0.39, 0.29) is 23.6 Å². The number of nitro benzene ring substituents is 1. The number of nitrogens with zero attached hydrogens (tertiary/aromatic N) is 1. The molecule has 0 heterocycles. The summed E-state index contributed by atoms with van der Waals surface area (Å²) in [5, 5.41) is 16.2. The van der Waals surface area contributed by atoms with E-state index in [9.17, 15) is 24.5 Å². The summed E-state index contributed by atoms with van der Waals surface area (Å²) in [5.41, 5.74) is 0.964. The third-order valence-electron chi connectivity index (χ3n) is 4.16. The molecule has 2 amide bonds. The molecule has 158 valence electrons. The number of nitro groups is 1. The van der Waals surface area contributed by atoms with Gasteiger partial charge >= 0.3 is 5.97 Å². The second-order valence-electron chi connectivity index (χ2n) is 6.27. The lowest BCUT2D eigenvalue weighted by molar-refractivity contribution is -0.384. The van der Waals surface area contributed by atoms with Crippen LogP contribution >= 0.6 is 0 Å². The van der Waals surface area contributed by atoms with Crippen LogP contribution in [0.3, 0.4) is 0 Å². The number of amides is 2. The number of anilines is 1. The number of nitrogens with one attached hydrogen (secondary N) is 2. The minimum absolute atomic E-state index is 0.0761. The fourth-order valence-electron chi connectivity index (χ4n) is 2.74. The monoisotopic (exact) mass is 415 g/mol. The maximum absolute atomic E-state index is 12.6. The van der Waals surface area contributed by atoms with Crippen molar-refractivity contribution in [2.24, 2.45) is 0 Å². The summed E-state index contributed by atoms with van der Waals surface area (Å²) in [4.78, 5) is 46.4. The van der Waals surface area contributed by atoms with Gasteiger partial charge in [0.15, 0.2) is 0 Å². The molecule has 0 spiro atoms. The fourth-order valence-corrected chi connectivity index (χ4v) is 2.74. The van der Waals surface area contributed by atoms with E-state index < -0.39 is 22.8 Å². The maximum atomic E-state index is 12.6. The molecule has 10 nitrogen and oxygen atoms in total. The number of rotatable bonds is 8. The van der Waals surface area contributed by atoms with Crippen molar-refractivity contribution in [3.63, 3.8) is 0 Å². The van der Waals surface area contributed by atoms with Gasteiger partial charge in [0.05, 0.1) is 19.1 Å². The smallest absolute Gasteiger partial charge is 0.328 e. The largest absolute Gasteiger partial charge is 0.496 e. The van der Waals surface area contributed by atoms with E-state index in [4.69, 9.17) is 9.47 Å². The number of ether oxygens (including phenoxy) is 2. The molecule has 0 radical (unpaired) electrons. The van der Waals surface area contributed by atoms with Crippen molar-refractivity contribution >= 4 is 29.2 Å². The first kappa shape index (κ1) is 22.3. The van der Waals surface area contributed by atoms with Crippen LogP contribution in [0.15, 0.2) is 42.5 Å².